The molecule has 2 aromatic rings. The molecule has 1 fully saturated rings. The number of amides is 2. The van der Waals surface area contributed by atoms with Gasteiger partial charge in [-0.2, -0.15) is 0 Å². The van der Waals surface area contributed by atoms with Gasteiger partial charge in [0, 0.05) is 25.2 Å². The minimum Gasteiger partial charge on any atom is -0.496 e. The van der Waals surface area contributed by atoms with E-state index in [1.807, 2.05) is 48.5 Å². The number of carbonyl (C=O) groups is 2. The van der Waals surface area contributed by atoms with E-state index in [4.69, 9.17) is 9.47 Å². The summed E-state index contributed by atoms with van der Waals surface area (Å²) in [5.41, 5.74) is 2.50. The average molecular weight is 383 g/mol. The second kappa shape index (κ2) is 9.75. The van der Waals surface area contributed by atoms with E-state index in [2.05, 4.69) is 15.5 Å². The van der Waals surface area contributed by atoms with Crippen LogP contribution in [-0.2, 0) is 20.9 Å². The minimum atomic E-state index is -0.349. The second-order valence-corrected chi connectivity index (χ2v) is 6.43. The van der Waals surface area contributed by atoms with Crippen LogP contribution in [0.15, 0.2) is 48.5 Å². The molecule has 2 amide bonds. The molecule has 1 aliphatic rings. The number of methoxy groups -OCH3 is 1. The zero-order valence-corrected chi connectivity index (χ0v) is 15.9. The number of hydrogen-bond donors (Lipinski definition) is 2. The molecule has 3 rings (SSSR count). The van der Waals surface area contributed by atoms with Gasteiger partial charge in [0.05, 0.1) is 31.7 Å². The second-order valence-electron chi connectivity index (χ2n) is 6.43. The van der Waals surface area contributed by atoms with Gasteiger partial charge in [-0.25, -0.2) is 0 Å². The lowest BCUT2D eigenvalue weighted by Crippen LogP contribution is -2.37. The van der Waals surface area contributed by atoms with Crippen molar-refractivity contribution in [1.82, 2.24) is 5.32 Å². The Balaban J connectivity index is 1.55. The first-order chi connectivity index (χ1) is 13.7. The summed E-state index contributed by atoms with van der Waals surface area (Å²) in [4.78, 5) is 26.7. The molecule has 0 atom stereocenters. The zero-order chi connectivity index (χ0) is 19.8. The van der Waals surface area contributed by atoms with Crippen LogP contribution in [0.25, 0.3) is 0 Å². The predicted molar refractivity (Wildman–Crippen MR) is 108 cm³/mol. The first-order valence-corrected chi connectivity index (χ1v) is 9.27. The van der Waals surface area contributed by atoms with Crippen molar-refractivity contribution in [2.24, 2.45) is 0 Å². The molecule has 0 aromatic heterocycles. The first-order valence-electron chi connectivity index (χ1n) is 9.27. The molecule has 28 heavy (non-hydrogen) atoms. The minimum absolute atomic E-state index is 0.243. The third kappa shape index (κ3) is 5.23. The van der Waals surface area contributed by atoms with Crippen LogP contribution in [0.2, 0.25) is 0 Å². The van der Waals surface area contributed by atoms with Gasteiger partial charge in [-0.1, -0.05) is 30.3 Å². The number of benzene rings is 2. The molecular formula is C21H25N3O4. The summed E-state index contributed by atoms with van der Waals surface area (Å²) in [5.74, 6) is 0.0113. The maximum Gasteiger partial charge on any atom is 0.233 e. The van der Waals surface area contributed by atoms with E-state index in [9.17, 15) is 9.59 Å². The summed E-state index contributed by atoms with van der Waals surface area (Å²) < 4.78 is 10.6. The van der Waals surface area contributed by atoms with Crippen molar-refractivity contribution in [1.29, 1.82) is 0 Å². The molecule has 148 valence electrons. The number of morpholine rings is 1. The first kappa shape index (κ1) is 19.7. The quantitative estimate of drug-likeness (QED) is 0.717. The Morgan fingerprint density at radius 3 is 2.54 bits per heavy atom. The fraction of sp³-hybridized carbons (Fsp3) is 0.333. The van der Waals surface area contributed by atoms with Crippen LogP contribution in [0.1, 0.15) is 12.0 Å². The highest BCUT2D eigenvalue weighted by molar-refractivity contribution is 6.04. The van der Waals surface area contributed by atoms with Gasteiger partial charge >= 0.3 is 0 Å². The standard InChI is InChI=1S/C21H25N3O4/c1-27-19-9-5-2-6-16(19)15-22-20(25)14-21(26)23-17-7-3-4-8-18(17)24-10-12-28-13-11-24/h2-9H,10-15H2,1H3,(H,22,25)(H,23,26). The highest BCUT2D eigenvalue weighted by Crippen LogP contribution is 2.26. The summed E-state index contributed by atoms with van der Waals surface area (Å²) >= 11 is 0. The van der Waals surface area contributed by atoms with E-state index in [1.54, 1.807) is 7.11 Å². The lowest BCUT2D eigenvalue weighted by Gasteiger charge is -2.30. The average Bonchev–Trinajstić information content (AvgIpc) is 2.73. The summed E-state index contributed by atoms with van der Waals surface area (Å²) in [6, 6.07) is 15.0. The molecule has 7 heteroatoms. The zero-order valence-electron chi connectivity index (χ0n) is 15.9. The van der Waals surface area contributed by atoms with Crippen LogP contribution in [0.3, 0.4) is 0 Å². The van der Waals surface area contributed by atoms with Crippen LogP contribution in [0.4, 0.5) is 11.4 Å². The van der Waals surface area contributed by atoms with E-state index in [-0.39, 0.29) is 18.2 Å². The summed E-state index contributed by atoms with van der Waals surface area (Å²) in [6.07, 6.45) is -0.243. The summed E-state index contributed by atoms with van der Waals surface area (Å²) in [5, 5.41) is 5.61. The SMILES string of the molecule is COc1ccccc1CNC(=O)CC(=O)Nc1ccccc1N1CCOCC1. The molecule has 2 aromatic carbocycles. The Bertz CT molecular complexity index is 819. The topological polar surface area (TPSA) is 79.9 Å². The van der Waals surface area contributed by atoms with Crippen LogP contribution in [0, 0.1) is 0 Å². The molecule has 0 spiro atoms. The van der Waals surface area contributed by atoms with Gasteiger partial charge in [0.2, 0.25) is 11.8 Å². The maximum absolute atomic E-state index is 12.4. The van der Waals surface area contributed by atoms with E-state index in [0.29, 0.717) is 31.2 Å². The number of para-hydroxylation sites is 3. The number of hydrogen-bond acceptors (Lipinski definition) is 5. The van der Waals surface area contributed by atoms with Crippen molar-refractivity contribution in [3.8, 4) is 5.75 Å². The number of ether oxygens (including phenoxy) is 2. The van der Waals surface area contributed by atoms with Crippen molar-refractivity contribution >= 4 is 23.2 Å². The molecule has 1 aliphatic heterocycles. The van der Waals surface area contributed by atoms with Gasteiger partial charge in [-0.3, -0.25) is 9.59 Å². The van der Waals surface area contributed by atoms with Crippen molar-refractivity contribution in [2.75, 3.05) is 43.6 Å². The molecule has 0 unspecified atom stereocenters. The number of carbonyl (C=O) groups excluding carboxylic acids is 2. The summed E-state index contributed by atoms with van der Waals surface area (Å²) in [6.45, 7) is 3.17. The van der Waals surface area contributed by atoms with Gasteiger partial charge < -0.3 is 25.0 Å². The number of nitrogens with zero attached hydrogens (tertiary/aromatic N) is 1. The van der Waals surface area contributed by atoms with Gasteiger partial charge in [0.25, 0.3) is 0 Å². The van der Waals surface area contributed by atoms with Gasteiger partial charge in [0.1, 0.15) is 12.2 Å². The van der Waals surface area contributed by atoms with Crippen molar-refractivity contribution in [3.05, 3.63) is 54.1 Å². The molecule has 2 N–H and O–H groups in total. The molecule has 7 nitrogen and oxygen atoms in total. The van der Waals surface area contributed by atoms with E-state index >= 15 is 0 Å². The number of rotatable bonds is 7. The summed E-state index contributed by atoms with van der Waals surface area (Å²) in [7, 11) is 1.58. The van der Waals surface area contributed by atoms with Crippen LogP contribution < -0.4 is 20.3 Å². The molecular weight excluding hydrogens is 358 g/mol. The molecule has 0 bridgehead atoms. The Morgan fingerprint density at radius 1 is 1.04 bits per heavy atom. The Morgan fingerprint density at radius 2 is 1.75 bits per heavy atom. The van der Waals surface area contributed by atoms with Crippen molar-refractivity contribution in [3.63, 3.8) is 0 Å². The predicted octanol–water partition coefficient (Wildman–Crippen LogP) is 2.18. The normalized spacial score (nSPS) is 13.7. The third-order valence-corrected chi connectivity index (χ3v) is 4.52. The molecule has 0 saturated carbocycles. The Kier molecular flexibility index (Phi) is 6.86. The lowest BCUT2D eigenvalue weighted by atomic mass is 10.2. The van der Waals surface area contributed by atoms with Crippen molar-refractivity contribution < 1.29 is 19.1 Å². The van der Waals surface area contributed by atoms with E-state index in [1.165, 1.54) is 0 Å². The molecule has 1 heterocycles. The Hall–Kier alpha value is -3.06. The fourth-order valence-electron chi connectivity index (χ4n) is 3.10. The third-order valence-electron chi connectivity index (χ3n) is 4.52. The number of nitrogens with one attached hydrogen (secondary N) is 2. The maximum atomic E-state index is 12.4. The highest BCUT2D eigenvalue weighted by atomic mass is 16.5. The fourth-order valence-corrected chi connectivity index (χ4v) is 3.10. The van der Waals surface area contributed by atoms with Gasteiger partial charge in [-0.05, 0) is 18.2 Å². The van der Waals surface area contributed by atoms with E-state index < -0.39 is 0 Å². The number of anilines is 2. The lowest BCUT2D eigenvalue weighted by molar-refractivity contribution is -0.126. The molecule has 0 radical (unpaired) electrons. The Labute approximate surface area is 164 Å². The van der Waals surface area contributed by atoms with Crippen LogP contribution in [-0.4, -0.2) is 45.2 Å². The van der Waals surface area contributed by atoms with Crippen LogP contribution >= 0.6 is 0 Å². The van der Waals surface area contributed by atoms with E-state index in [0.717, 1.165) is 24.3 Å². The smallest absolute Gasteiger partial charge is 0.233 e. The largest absolute Gasteiger partial charge is 0.496 e. The van der Waals surface area contributed by atoms with Crippen LogP contribution in [0.5, 0.6) is 5.75 Å². The monoisotopic (exact) mass is 383 g/mol. The molecule has 0 aliphatic carbocycles. The van der Waals surface area contributed by atoms with Crippen molar-refractivity contribution in [2.45, 2.75) is 13.0 Å². The van der Waals surface area contributed by atoms with Gasteiger partial charge in [-0.15, -0.1) is 0 Å². The van der Waals surface area contributed by atoms with Gasteiger partial charge in [0.15, 0.2) is 0 Å². The molecule has 1 saturated heterocycles. The highest BCUT2D eigenvalue weighted by Gasteiger charge is 2.17.